The molecule has 4 heteroatoms. The Morgan fingerprint density at radius 3 is 2.65 bits per heavy atom. The molecule has 134 valence electrons. The molecular weight excluding hydrogens is 324 g/mol. The molecule has 2 amide bonds. The molecule has 0 heterocycles. The summed E-state index contributed by atoms with van der Waals surface area (Å²) in [5, 5.41) is 5.60. The van der Waals surface area contributed by atoms with Crippen molar-refractivity contribution in [3.8, 4) is 0 Å². The van der Waals surface area contributed by atoms with Crippen LogP contribution in [0, 0.1) is 0 Å². The molecule has 1 aliphatic rings. The molecule has 0 spiro atoms. The van der Waals surface area contributed by atoms with Crippen LogP contribution in [-0.2, 0) is 11.2 Å². The van der Waals surface area contributed by atoms with Gasteiger partial charge >= 0.3 is 0 Å². The van der Waals surface area contributed by atoms with Crippen LogP contribution in [0.15, 0.2) is 54.6 Å². The molecule has 1 aliphatic carbocycles. The molecule has 1 unspecified atom stereocenters. The second kappa shape index (κ2) is 8.48. The average Bonchev–Trinajstić information content (AvgIpc) is 2.70. The molecule has 0 saturated carbocycles. The molecule has 0 radical (unpaired) electrons. The molecule has 3 rings (SSSR count). The number of hydrogen-bond donors (Lipinski definition) is 2. The maximum absolute atomic E-state index is 12.1. The van der Waals surface area contributed by atoms with Crippen molar-refractivity contribution in [1.29, 1.82) is 0 Å². The summed E-state index contributed by atoms with van der Waals surface area (Å²) in [6.07, 6.45) is 6.72. The van der Waals surface area contributed by atoms with Gasteiger partial charge in [0.1, 0.15) is 0 Å². The first-order valence-corrected chi connectivity index (χ1v) is 9.03. The van der Waals surface area contributed by atoms with Gasteiger partial charge in [-0.05, 0) is 54.2 Å². The van der Waals surface area contributed by atoms with Gasteiger partial charge in [-0.25, -0.2) is 0 Å². The highest BCUT2D eigenvalue weighted by molar-refractivity contribution is 5.94. The lowest BCUT2D eigenvalue weighted by molar-refractivity contribution is -0.116. The lowest BCUT2D eigenvalue weighted by atomic mass is 9.83. The lowest BCUT2D eigenvalue weighted by Crippen LogP contribution is -2.28. The highest BCUT2D eigenvalue weighted by atomic mass is 16.2. The van der Waals surface area contributed by atoms with Gasteiger partial charge in [0, 0.05) is 31.1 Å². The summed E-state index contributed by atoms with van der Waals surface area (Å²) >= 11 is 0. The molecule has 2 aromatic carbocycles. The van der Waals surface area contributed by atoms with Gasteiger partial charge < -0.3 is 10.6 Å². The second-order valence-electron chi connectivity index (χ2n) is 6.57. The third-order valence-corrected chi connectivity index (χ3v) is 4.84. The standard InChI is InChI=1S/C22H24N2O2/c1-23-22(26)18-12-9-16(10-13-18)11-14-21(25)24-15-19-7-4-6-17-5-2-3-8-20(17)19/h2-3,5,8-14,19H,4,6-7,15H2,1H3,(H,23,26)(H,24,25)/b14-11+. The zero-order valence-corrected chi connectivity index (χ0v) is 15.0. The third-order valence-electron chi connectivity index (χ3n) is 4.84. The number of benzene rings is 2. The first-order chi connectivity index (χ1) is 12.7. The van der Waals surface area contributed by atoms with Crippen LogP contribution in [0.4, 0.5) is 0 Å². The normalized spacial score (nSPS) is 16.1. The number of nitrogens with one attached hydrogen (secondary N) is 2. The first-order valence-electron chi connectivity index (χ1n) is 9.03. The van der Waals surface area contributed by atoms with Crippen LogP contribution in [0.25, 0.3) is 6.08 Å². The Morgan fingerprint density at radius 1 is 1.12 bits per heavy atom. The van der Waals surface area contributed by atoms with Gasteiger partial charge in [0.2, 0.25) is 5.91 Å². The summed E-state index contributed by atoms with van der Waals surface area (Å²) in [5.41, 5.74) is 4.26. The quantitative estimate of drug-likeness (QED) is 0.815. The Kier molecular flexibility index (Phi) is 5.84. The Bertz CT molecular complexity index is 809. The predicted molar refractivity (Wildman–Crippen MR) is 104 cm³/mol. The van der Waals surface area contributed by atoms with Crippen molar-refractivity contribution in [2.24, 2.45) is 0 Å². The van der Waals surface area contributed by atoms with Crippen LogP contribution < -0.4 is 10.6 Å². The highest BCUT2D eigenvalue weighted by Crippen LogP contribution is 2.30. The summed E-state index contributed by atoms with van der Waals surface area (Å²) in [7, 11) is 1.60. The fraction of sp³-hybridized carbons (Fsp3) is 0.273. The number of carbonyl (C=O) groups is 2. The van der Waals surface area contributed by atoms with Crippen molar-refractivity contribution in [2.75, 3.05) is 13.6 Å². The van der Waals surface area contributed by atoms with Crippen molar-refractivity contribution in [3.05, 3.63) is 76.9 Å². The molecule has 0 fully saturated rings. The van der Waals surface area contributed by atoms with Crippen molar-refractivity contribution in [3.63, 3.8) is 0 Å². The number of carbonyl (C=O) groups excluding carboxylic acids is 2. The maximum atomic E-state index is 12.1. The van der Waals surface area contributed by atoms with E-state index in [2.05, 4.69) is 34.9 Å². The number of hydrogen-bond acceptors (Lipinski definition) is 2. The molecule has 2 N–H and O–H groups in total. The van der Waals surface area contributed by atoms with Gasteiger partial charge in [-0.15, -0.1) is 0 Å². The van der Waals surface area contributed by atoms with Gasteiger partial charge in [0.05, 0.1) is 0 Å². The van der Waals surface area contributed by atoms with Crippen molar-refractivity contribution in [1.82, 2.24) is 10.6 Å². The third kappa shape index (κ3) is 4.39. The van der Waals surface area contributed by atoms with E-state index in [1.165, 1.54) is 17.5 Å². The second-order valence-corrected chi connectivity index (χ2v) is 6.57. The predicted octanol–water partition coefficient (Wildman–Crippen LogP) is 3.30. The molecule has 2 aromatic rings. The Hall–Kier alpha value is -2.88. The minimum Gasteiger partial charge on any atom is -0.355 e. The summed E-state index contributed by atoms with van der Waals surface area (Å²) < 4.78 is 0. The van der Waals surface area contributed by atoms with E-state index >= 15 is 0 Å². The molecule has 0 aromatic heterocycles. The van der Waals surface area contributed by atoms with Crippen molar-refractivity contribution < 1.29 is 9.59 Å². The van der Waals surface area contributed by atoms with Gasteiger partial charge in [-0.1, -0.05) is 36.4 Å². The number of aryl methyl sites for hydroxylation is 1. The van der Waals surface area contributed by atoms with E-state index in [9.17, 15) is 9.59 Å². The Morgan fingerprint density at radius 2 is 1.88 bits per heavy atom. The molecule has 0 bridgehead atoms. The van der Waals surface area contributed by atoms with Crippen LogP contribution in [-0.4, -0.2) is 25.4 Å². The molecular formula is C22H24N2O2. The monoisotopic (exact) mass is 348 g/mol. The largest absolute Gasteiger partial charge is 0.355 e. The smallest absolute Gasteiger partial charge is 0.251 e. The van der Waals surface area contributed by atoms with Crippen molar-refractivity contribution >= 4 is 17.9 Å². The lowest BCUT2D eigenvalue weighted by Gasteiger charge is -2.25. The molecule has 26 heavy (non-hydrogen) atoms. The van der Waals surface area contributed by atoms with Crippen LogP contribution in [0.1, 0.15) is 45.8 Å². The number of amides is 2. The zero-order chi connectivity index (χ0) is 18.4. The topological polar surface area (TPSA) is 58.2 Å². The van der Waals surface area contributed by atoms with E-state index in [1.54, 1.807) is 31.3 Å². The van der Waals surface area contributed by atoms with E-state index in [0.29, 0.717) is 18.0 Å². The maximum Gasteiger partial charge on any atom is 0.251 e. The van der Waals surface area contributed by atoms with Crippen LogP contribution in [0.5, 0.6) is 0 Å². The zero-order valence-electron chi connectivity index (χ0n) is 15.0. The SMILES string of the molecule is CNC(=O)c1ccc(/C=C/C(=O)NCC2CCCc3ccccc32)cc1. The van der Waals surface area contributed by atoms with E-state index in [1.807, 2.05) is 12.1 Å². The van der Waals surface area contributed by atoms with E-state index in [-0.39, 0.29) is 11.8 Å². The first kappa shape index (κ1) is 17.9. The molecule has 4 nitrogen and oxygen atoms in total. The van der Waals surface area contributed by atoms with Crippen LogP contribution in [0.3, 0.4) is 0 Å². The van der Waals surface area contributed by atoms with E-state index in [4.69, 9.17) is 0 Å². The molecule has 0 saturated heterocycles. The van der Waals surface area contributed by atoms with Crippen LogP contribution in [0.2, 0.25) is 0 Å². The van der Waals surface area contributed by atoms with E-state index in [0.717, 1.165) is 18.4 Å². The van der Waals surface area contributed by atoms with Gasteiger partial charge in [0.25, 0.3) is 5.91 Å². The fourth-order valence-corrected chi connectivity index (χ4v) is 3.41. The van der Waals surface area contributed by atoms with E-state index < -0.39 is 0 Å². The number of rotatable bonds is 5. The minimum absolute atomic E-state index is 0.0940. The summed E-state index contributed by atoms with van der Waals surface area (Å²) in [6.45, 7) is 0.662. The average molecular weight is 348 g/mol. The Balaban J connectivity index is 1.55. The molecule has 1 atom stereocenters. The summed E-state index contributed by atoms with van der Waals surface area (Å²) in [6, 6.07) is 15.7. The van der Waals surface area contributed by atoms with Gasteiger partial charge in [-0.2, -0.15) is 0 Å². The van der Waals surface area contributed by atoms with Gasteiger partial charge in [0.15, 0.2) is 0 Å². The summed E-state index contributed by atoms with van der Waals surface area (Å²) in [4.78, 5) is 23.7. The summed E-state index contributed by atoms with van der Waals surface area (Å²) in [5.74, 6) is 0.179. The highest BCUT2D eigenvalue weighted by Gasteiger charge is 2.19. The Labute approximate surface area is 154 Å². The molecule has 0 aliphatic heterocycles. The fourth-order valence-electron chi connectivity index (χ4n) is 3.41. The van der Waals surface area contributed by atoms with Gasteiger partial charge in [-0.3, -0.25) is 9.59 Å². The van der Waals surface area contributed by atoms with Crippen LogP contribution >= 0.6 is 0 Å². The number of fused-ring (bicyclic) bond motifs is 1. The van der Waals surface area contributed by atoms with Crippen molar-refractivity contribution in [2.45, 2.75) is 25.2 Å². The minimum atomic E-state index is -0.119.